The highest BCUT2D eigenvalue weighted by Gasteiger charge is 2.50. The molecule has 1 aromatic heterocycles. The second-order valence-electron chi connectivity index (χ2n) is 10.1. The lowest BCUT2D eigenvalue weighted by Gasteiger charge is -2.27. The molecule has 2 aromatic carbocycles. The number of aromatic hydroxyl groups is 1. The van der Waals surface area contributed by atoms with E-state index >= 15 is 0 Å². The number of phenols is 1. The number of ether oxygens (including phenoxy) is 2. The molecule has 0 saturated heterocycles. The van der Waals surface area contributed by atoms with Gasteiger partial charge in [-0.15, -0.1) is 0 Å². The van der Waals surface area contributed by atoms with E-state index in [1.54, 1.807) is 6.20 Å². The Bertz CT molecular complexity index is 1480. The van der Waals surface area contributed by atoms with Crippen LogP contribution in [0.5, 0.6) is 17.2 Å². The average Bonchev–Trinajstić information content (AvgIpc) is 3.83. The van der Waals surface area contributed by atoms with Crippen LogP contribution in [-0.2, 0) is 28.5 Å². The molecule has 3 aromatic rings. The molecule has 1 N–H and O–H groups in total. The maximum absolute atomic E-state index is 13.3. The molecule has 0 spiro atoms. The van der Waals surface area contributed by atoms with E-state index in [1.165, 1.54) is 14.1 Å². The molecule has 5 rings (SSSR count). The Kier molecular flexibility index (Phi) is 7.09. The first-order chi connectivity index (χ1) is 18.1. The molecule has 2 fully saturated rings. The molecule has 0 amide bonds. The lowest BCUT2D eigenvalue weighted by atomic mass is 9.96. The molecule has 202 valence electrons. The zero-order valence-corrected chi connectivity index (χ0v) is 23.7. The van der Waals surface area contributed by atoms with Crippen LogP contribution in [0.2, 0.25) is 5.02 Å². The highest BCUT2D eigenvalue weighted by molar-refractivity contribution is 7.89. The summed E-state index contributed by atoms with van der Waals surface area (Å²) in [5.74, 6) is 0.815. The van der Waals surface area contributed by atoms with E-state index in [2.05, 4.69) is 4.98 Å². The molecule has 0 radical (unpaired) electrons. The van der Waals surface area contributed by atoms with Crippen LogP contribution in [0.1, 0.15) is 56.2 Å². The lowest BCUT2D eigenvalue weighted by molar-refractivity contribution is 0.178. The van der Waals surface area contributed by atoms with Crippen molar-refractivity contribution in [3.63, 3.8) is 0 Å². The van der Waals surface area contributed by atoms with Crippen molar-refractivity contribution in [2.75, 3.05) is 14.1 Å². The third-order valence-electron chi connectivity index (χ3n) is 7.27. The molecule has 7 nitrogen and oxygen atoms in total. The highest BCUT2D eigenvalue weighted by atomic mass is 35.5. The lowest BCUT2D eigenvalue weighted by Crippen LogP contribution is -2.25. The minimum Gasteiger partial charge on any atom is -0.506 e. The SMILES string of the molecule is CCc1c(O)c(S(=O)(=O)N(C)C)c(CC)c(OC2(c3cnccc3-c3ccccc3OC3CC3)CC2)c1Cl. The molecule has 0 atom stereocenters. The predicted molar refractivity (Wildman–Crippen MR) is 148 cm³/mol. The summed E-state index contributed by atoms with van der Waals surface area (Å²) in [6.45, 7) is 3.66. The molecular weight excluding hydrogens is 524 g/mol. The standard InChI is InChI=1S/C29H33ClN2O5S/c1-5-19-25(30)27(20(6-2)28(26(19)33)38(34,35)32(3)4)37-29(14-15-29)23-17-31-16-13-21(23)22-9-7-8-10-24(22)36-18-11-12-18/h7-10,13,16-18,33H,5-6,11-12,14-15H2,1-4H3. The van der Waals surface area contributed by atoms with Gasteiger partial charge in [0.05, 0.1) is 11.1 Å². The van der Waals surface area contributed by atoms with E-state index in [4.69, 9.17) is 21.1 Å². The van der Waals surface area contributed by atoms with Crippen LogP contribution in [0.4, 0.5) is 0 Å². The largest absolute Gasteiger partial charge is 0.506 e. The van der Waals surface area contributed by atoms with Gasteiger partial charge in [-0.25, -0.2) is 12.7 Å². The number of halogens is 1. The van der Waals surface area contributed by atoms with Gasteiger partial charge in [0.1, 0.15) is 27.7 Å². The average molecular weight is 557 g/mol. The summed E-state index contributed by atoms with van der Waals surface area (Å²) >= 11 is 6.84. The number of sulfonamides is 1. The Hall–Kier alpha value is -2.81. The summed E-state index contributed by atoms with van der Waals surface area (Å²) in [4.78, 5) is 4.27. The summed E-state index contributed by atoms with van der Waals surface area (Å²) in [5, 5.41) is 11.3. The van der Waals surface area contributed by atoms with Crippen LogP contribution in [0.3, 0.4) is 0 Å². The van der Waals surface area contributed by atoms with E-state index in [9.17, 15) is 13.5 Å². The number of hydrogen-bond acceptors (Lipinski definition) is 6. The van der Waals surface area contributed by atoms with Gasteiger partial charge >= 0.3 is 0 Å². The van der Waals surface area contributed by atoms with E-state index in [-0.39, 0.29) is 21.8 Å². The van der Waals surface area contributed by atoms with Gasteiger partial charge in [-0.2, -0.15) is 0 Å². The van der Waals surface area contributed by atoms with Gasteiger partial charge in [-0.3, -0.25) is 4.98 Å². The zero-order valence-electron chi connectivity index (χ0n) is 22.1. The number of hydrogen-bond donors (Lipinski definition) is 1. The van der Waals surface area contributed by atoms with E-state index in [0.29, 0.717) is 29.7 Å². The normalized spacial score (nSPS) is 16.5. The van der Waals surface area contributed by atoms with Crippen molar-refractivity contribution >= 4 is 21.6 Å². The number of phenolic OH excluding ortho intramolecular Hbond substituents is 1. The van der Waals surface area contributed by atoms with Crippen LogP contribution < -0.4 is 9.47 Å². The maximum Gasteiger partial charge on any atom is 0.246 e. The summed E-state index contributed by atoms with van der Waals surface area (Å²) in [5.41, 5.74) is 2.80. The fraction of sp³-hybridized carbons (Fsp3) is 0.414. The molecule has 9 heteroatoms. The minimum absolute atomic E-state index is 0.147. The quantitative estimate of drug-likeness (QED) is 0.325. The van der Waals surface area contributed by atoms with Crippen molar-refractivity contribution in [2.45, 2.75) is 69.0 Å². The molecule has 2 aliphatic carbocycles. The summed E-state index contributed by atoms with van der Waals surface area (Å²) in [7, 11) is -1.08. The number of pyridine rings is 1. The van der Waals surface area contributed by atoms with Gasteiger partial charge in [0.15, 0.2) is 0 Å². The van der Waals surface area contributed by atoms with E-state index in [1.807, 2.05) is 50.4 Å². The van der Waals surface area contributed by atoms with Crippen molar-refractivity contribution in [2.24, 2.45) is 0 Å². The molecule has 1 heterocycles. The van der Waals surface area contributed by atoms with Crippen molar-refractivity contribution < 1.29 is 23.0 Å². The van der Waals surface area contributed by atoms with Gasteiger partial charge in [0.25, 0.3) is 0 Å². The third-order valence-corrected chi connectivity index (χ3v) is 9.58. The van der Waals surface area contributed by atoms with Gasteiger partial charge in [-0.1, -0.05) is 43.6 Å². The van der Waals surface area contributed by atoms with Crippen LogP contribution >= 0.6 is 11.6 Å². The summed E-state index contributed by atoms with van der Waals surface area (Å²) in [6.07, 6.45) is 8.02. The van der Waals surface area contributed by atoms with Crippen molar-refractivity contribution in [1.82, 2.24) is 9.29 Å². The second-order valence-corrected chi connectivity index (χ2v) is 12.6. The Balaban J connectivity index is 1.65. The minimum atomic E-state index is -3.97. The molecule has 0 bridgehead atoms. The van der Waals surface area contributed by atoms with Crippen LogP contribution in [0, 0.1) is 0 Å². The Morgan fingerprint density at radius 3 is 2.37 bits per heavy atom. The maximum atomic E-state index is 13.3. The number of aromatic nitrogens is 1. The Labute approximate surface area is 229 Å². The van der Waals surface area contributed by atoms with Gasteiger partial charge < -0.3 is 14.6 Å². The predicted octanol–water partition coefficient (Wildman–Crippen LogP) is 6.09. The van der Waals surface area contributed by atoms with Crippen molar-refractivity contribution in [1.29, 1.82) is 0 Å². The molecule has 38 heavy (non-hydrogen) atoms. The van der Waals surface area contributed by atoms with Gasteiger partial charge in [-0.05, 0) is 56.2 Å². The smallest absolute Gasteiger partial charge is 0.246 e. The number of rotatable bonds is 10. The number of nitrogens with zero attached hydrogens (tertiary/aromatic N) is 2. The van der Waals surface area contributed by atoms with Crippen LogP contribution in [-0.4, -0.2) is 43.0 Å². The molecule has 0 aliphatic heterocycles. The Morgan fingerprint density at radius 1 is 1.08 bits per heavy atom. The molecule has 2 aliphatic rings. The topological polar surface area (TPSA) is 89.0 Å². The van der Waals surface area contributed by atoms with Crippen LogP contribution in [0.15, 0.2) is 47.6 Å². The monoisotopic (exact) mass is 556 g/mol. The van der Waals surface area contributed by atoms with Gasteiger partial charge in [0, 0.05) is 48.7 Å². The Morgan fingerprint density at radius 2 is 1.76 bits per heavy atom. The second kappa shape index (κ2) is 10.1. The fourth-order valence-electron chi connectivity index (χ4n) is 4.85. The first-order valence-corrected chi connectivity index (χ1v) is 14.8. The zero-order chi connectivity index (χ0) is 27.2. The summed E-state index contributed by atoms with van der Waals surface area (Å²) < 4.78 is 40.7. The van der Waals surface area contributed by atoms with Crippen molar-refractivity contribution in [3.05, 3.63) is 64.4 Å². The van der Waals surface area contributed by atoms with Gasteiger partial charge in [0.2, 0.25) is 10.0 Å². The number of para-hydroxylation sites is 1. The first-order valence-electron chi connectivity index (χ1n) is 13.0. The molecular formula is C29H33ClN2O5S. The molecule has 0 unspecified atom stereocenters. The number of benzene rings is 2. The van der Waals surface area contributed by atoms with E-state index in [0.717, 1.165) is 52.4 Å². The summed E-state index contributed by atoms with van der Waals surface area (Å²) in [6, 6.07) is 9.93. The third kappa shape index (κ3) is 4.63. The first kappa shape index (κ1) is 26.8. The fourth-order valence-corrected chi connectivity index (χ4v) is 6.51. The highest BCUT2D eigenvalue weighted by Crippen LogP contribution is 2.56. The molecule has 2 saturated carbocycles. The van der Waals surface area contributed by atoms with E-state index < -0.39 is 15.6 Å². The van der Waals surface area contributed by atoms with Crippen molar-refractivity contribution in [3.8, 4) is 28.4 Å². The van der Waals surface area contributed by atoms with Crippen LogP contribution in [0.25, 0.3) is 11.1 Å².